The van der Waals surface area contributed by atoms with Crippen molar-refractivity contribution in [3.63, 3.8) is 0 Å². The highest BCUT2D eigenvalue weighted by molar-refractivity contribution is 5.31. The number of benzene rings is 1. The Labute approximate surface area is 80.4 Å². The van der Waals surface area contributed by atoms with Crippen LogP contribution in [0, 0.1) is 19.8 Å². The van der Waals surface area contributed by atoms with Gasteiger partial charge in [-0.25, -0.2) is 0 Å². The van der Waals surface area contributed by atoms with Gasteiger partial charge in [0.05, 0.1) is 6.10 Å². The van der Waals surface area contributed by atoms with Crippen LogP contribution < -0.4 is 0 Å². The molecule has 0 aliphatic heterocycles. The van der Waals surface area contributed by atoms with Crippen molar-refractivity contribution in [1.29, 1.82) is 0 Å². The Morgan fingerprint density at radius 2 is 1.69 bits per heavy atom. The lowest BCUT2D eigenvalue weighted by Gasteiger charge is -2.15. The molecule has 1 N–H and O–H groups in total. The number of hydrogen-bond acceptors (Lipinski definition) is 1. The van der Waals surface area contributed by atoms with Crippen LogP contribution in [0.2, 0.25) is 0 Å². The molecule has 0 amide bonds. The van der Waals surface area contributed by atoms with Gasteiger partial charge < -0.3 is 5.11 Å². The quantitative estimate of drug-likeness (QED) is 0.738. The molecule has 13 heavy (non-hydrogen) atoms. The maximum Gasteiger partial charge on any atom is 0.0813 e. The summed E-state index contributed by atoms with van der Waals surface area (Å²) >= 11 is 0. The summed E-state index contributed by atoms with van der Waals surface area (Å²) in [7, 11) is 0. The maximum atomic E-state index is 9.81. The Morgan fingerprint density at radius 1 is 1.08 bits per heavy atom. The molecule has 0 saturated heterocycles. The Balaban J connectivity index is 2.97. The number of aliphatic hydroxyl groups excluding tert-OH is 1. The first-order valence-corrected chi connectivity index (χ1v) is 4.77. The Hall–Kier alpha value is -0.820. The van der Waals surface area contributed by atoms with Crippen LogP contribution in [0.15, 0.2) is 18.2 Å². The lowest BCUT2D eigenvalue weighted by atomic mass is 9.96. The minimum absolute atomic E-state index is 0.280. The Kier molecular flexibility index (Phi) is 3.10. The van der Waals surface area contributed by atoms with Crippen LogP contribution in [0.1, 0.15) is 36.6 Å². The number of rotatable bonds is 2. The fourth-order valence-electron chi connectivity index (χ4n) is 1.33. The normalized spacial score (nSPS) is 13.4. The predicted octanol–water partition coefficient (Wildman–Crippen LogP) is 2.99. The molecular weight excluding hydrogens is 160 g/mol. The first kappa shape index (κ1) is 10.3. The molecule has 0 saturated carbocycles. The highest BCUT2D eigenvalue weighted by atomic mass is 16.3. The van der Waals surface area contributed by atoms with Crippen molar-refractivity contribution in [2.24, 2.45) is 5.92 Å². The third-order valence-electron chi connectivity index (χ3n) is 2.50. The maximum absolute atomic E-state index is 9.81. The van der Waals surface area contributed by atoms with Crippen molar-refractivity contribution >= 4 is 0 Å². The molecule has 1 rings (SSSR count). The minimum atomic E-state index is -0.334. The minimum Gasteiger partial charge on any atom is -0.388 e. The first-order chi connectivity index (χ1) is 6.02. The molecule has 1 nitrogen and oxygen atoms in total. The second-order valence-corrected chi connectivity index (χ2v) is 4.03. The highest BCUT2D eigenvalue weighted by Crippen LogP contribution is 2.22. The van der Waals surface area contributed by atoms with Gasteiger partial charge in [-0.15, -0.1) is 0 Å². The topological polar surface area (TPSA) is 20.2 Å². The van der Waals surface area contributed by atoms with Crippen LogP contribution in [-0.4, -0.2) is 5.11 Å². The second kappa shape index (κ2) is 3.93. The van der Waals surface area contributed by atoms with Crippen LogP contribution in [0.5, 0.6) is 0 Å². The summed E-state index contributed by atoms with van der Waals surface area (Å²) < 4.78 is 0. The van der Waals surface area contributed by atoms with Gasteiger partial charge in [0.1, 0.15) is 0 Å². The van der Waals surface area contributed by atoms with Gasteiger partial charge in [-0.1, -0.05) is 32.0 Å². The molecule has 0 radical (unpaired) electrons. The molecule has 1 aromatic carbocycles. The average Bonchev–Trinajstić information content (AvgIpc) is 2.08. The summed E-state index contributed by atoms with van der Waals surface area (Å²) in [6.45, 7) is 8.21. The zero-order valence-corrected chi connectivity index (χ0v) is 8.83. The zero-order valence-electron chi connectivity index (χ0n) is 8.83. The van der Waals surface area contributed by atoms with Crippen molar-refractivity contribution in [3.8, 4) is 0 Å². The number of aryl methyl sites for hydroxylation is 2. The number of hydrogen-bond donors (Lipinski definition) is 1. The molecule has 0 aliphatic rings. The van der Waals surface area contributed by atoms with Gasteiger partial charge in [0.2, 0.25) is 0 Å². The van der Waals surface area contributed by atoms with Crippen molar-refractivity contribution < 1.29 is 5.11 Å². The average molecular weight is 178 g/mol. The Morgan fingerprint density at radius 3 is 2.15 bits per heavy atom. The van der Waals surface area contributed by atoms with E-state index in [4.69, 9.17) is 0 Å². The largest absolute Gasteiger partial charge is 0.388 e. The lowest BCUT2D eigenvalue weighted by molar-refractivity contribution is 0.127. The van der Waals surface area contributed by atoms with Crippen LogP contribution in [-0.2, 0) is 0 Å². The van der Waals surface area contributed by atoms with E-state index in [1.165, 1.54) is 11.1 Å². The summed E-state index contributed by atoms with van der Waals surface area (Å²) in [4.78, 5) is 0. The van der Waals surface area contributed by atoms with Gasteiger partial charge >= 0.3 is 0 Å². The lowest BCUT2D eigenvalue weighted by Crippen LogP contribution is -2.05. The van der Waals surface area contributed by atoms with E-state index in [0.717, 1.165) is 5.56 Å². The fourth-order valence-corrected chi connectivity index (χ4v) is 1.33. The monoisotopic (exact) mass is 178 g/mol. The van der Waals surface area contributed by atoms with E-state index in [0.29, 0.717) is 0 Å². The third kappa shape index (κ3) is 2.31. The summed E-state index contributed by atoms with van der Waals surface area (Å²) in [5.74, 6) is 0.280. The molecule has 0 bridgehead atoms. The van der Waals surface area contributed by atoms with Gasteiger partial charge in [-0.3, -0.25) is 0 Å². The standard InChI is InChI=1S/C12H18O/c1-8(2)12(13)11-6-5-9(3)10(4)7-11/h5-8,12-13H,1-4H3. The molecule has 0 fully saturated rings. The van der Waals surface area contributed by atoms with E-state index in [2.05, 4.69) is 26.0 Å². The molecule has 0 spiro atoms. The molecule has 1 unspecified atom stereocenters. The summed E-state index contributed by atoms with van der Waals surface area (Å²) in [6, 6.07) is 6.14. The summed E-state index contributed by atoms with van der Waals surface area (Å²) in [5, 5.41) is 9.81. The van der Waals surface area contributed by atoms with Gasteiger partial charge in [0, 0.05) is 0 Å². The van der Waals surface area contributed by atoms with E-state index in [-0.39, 0.29) is 12.0 Å². The van der Waals surface area contributed by atoms with Gasteiger partial charge in [-0.05, 0) is 36.5 Å². The smallest absolute Gasteiger partial charge is 0.0813 e. The van der Waals surface area contributed by atoms with Crippen molar-refractivity contribution in [3.05, 3.63) is 34.9 Å². The first-order valence-electron chi connectivity index (χ1n) is 4.77. The second-order valence-electron chi connectivity index (χ2n) is 4.03. The van der Waals surface area contributed by atoms with Crippen LogP contribution in [0.25, 0.3) is 0 Å². The van der Waals surface area contributed by atoms with Crippen molar-refractivity contribution in [2.45, 2.75) is 33.8 Å². The molecule has 1 aromatic rings. The summed E-state index contributed by atoms with van der Waals surface area (Å²) in [5.41, 5.74) is 3.55. The van der Waals surface area contributed by atoms with E-state index in [1.807, 2.05) is 19.9 Å². The SMILES string of the molecule is Cc1ccc(C(O)C(C)C)cc1C. The van der Waals surface area contributed by atoms with Crippen LogP contribution in [0.3, 0.4) is 0 Å². The van der Waals surface area contributed by atoms with Crippen LogP contribution >= 0.6 is 0 Å². The summed E-state index contributed by atoms with van der Waals surface area (Å²) in [6.07, 6.45) is -0.334. The van der Waals surface area contributed by atoms with Gasteiger partial charge in [-0.2, -0.15) is 0 Å². The van der Waals surface area contributed by atoms with Gasteiger partial charge in [0.15, 0.2) is 0 Å². The molecule has 0 aromatic heterocycles. The predicted molar refractivity (Wildman–Crippen MR) is 55.7 cm³/mol. The molecule has 0 heterocycles. The third-order valence-corrected chi connectivity index (χ3v) is 2.50. The Bertz CT molecular complexity index is 289. The highest BCUT2D eigenvalue weighted by Gasteiger charge is 2.11. The van der Waals surface area contributed by atoms with E-state index in [1.54, 1.807) is 0 Å². The molecular formula is C12H18O. The number of aliphatic hydroxyl groups is 1. The van der Waals surface area contributed by atoms with Gasteiger partial charge in [0.25, 0.3) is 0 Å². The van der Waals surface area contributed by atoms with Crippen LogP contribution in [0.4, 0.5) is 0 Å². The van der Waals surface area contributed by atoms with Crippen molar-refractivity contribution in [2.75, 3.05) is 0 Å². The molecule has 72 valence electrons. The molecule has 1 heteroatoms. The molecule has 1 atom stereocenters. The fraction of sp³-hybridized carbons (Fsp3) is 0.500. The van der Waals surface area contributed by atoms with E-state index >= 15 is 0 Å². The van der Waals surface area contributed by atoms with Crippen molar-refractivity contribution in [1.82, 2.24) is 0 Å². The van der Waals surface area contributed by atoms with E-state index < -0.39 is 0 Å². The molecule has 0 aliphatic carbocycles. The van der Waals surface area contributed by atoms with E-state index in [9.17, 15) is 5.11 Å². The zero-order chi connectivity index (χ0) is 10.0.